The van der Waals surface area contributed by atoms with Crippen LogP contribution in [0.1, 0.15) is 25.8 Å². The van der Waals surface area contributed by atoms with Gasteiger partial charge in [0, 0.05) is 11.3 Å². The van der Waals surface area contributed by atoms with Crippen LogP contribution >= 0.6 is 12.2 Å². The molecule has 0 fully saturated rings. The maximum absolute atomic E-state index is 11.6. The molecule has 1 aromatic rings. The van der Waals surface area contributed by atoms with Crippen molar-refractivity contribution in [3.8, 4) is 0 Å². The number of benzene rings is 1. The van der Waals surface area contributed by atoms with Crippen LogP contribution in [0.3, 0.4) is 0 Å². The van der Waals surface area contributed by atoms with E-state index in [0.29, 0.717) is 23.7 Å². The quantitative estimate of drug-likeness (QED) is 0.774. The molecule has 0 aliphatic rings. The summed E-state index contributed by atoms with van der Waals surface area (Å²) in [5.74, 6) is -0.0873. The molecule has 0 aliphatic carbocycles. The zero-order valence-corrected chi connectivity index (χ0v) is 11.4. The molecule has 18 heavy (non-hydrogen) atoms. The highest BCUT2D eigenvalue weighted by atomic mass is 32.1. The lowest BCUT2D eigenvalue weighted by Crippen LogP contribution is -2.16. The van der Waals surface area contributed by atoms with Crippen LogP contribution in [0, 0.1) is 0 Å². The van der Waals surface area contributed by atoms with Gasteiger partial charge in [0.2, 0.25) is 5.91 Å². The molecular weight excluding hydrogens is 248 g/mol. The number of nitrogens with one attached hydrogen (secondary N) is 1. The lowest BCUT2D eigenvalue weighted by Gasteiger charge is -2.09. The van der Waals surface area contributed by atoms with E-state index in [1.807, 2.05) is 13.8 Å². The first-order valence-electron chi connectivity index (χ1n) is 5.80. The van der Waals surface area contributed by atoms with E-state index in [4.69, 9.17) is 22.7 Å². The number of anilines is 1. The topological polar surface area (TPSA) is 64.3 Å². The fourth-order valence-corrected chi connectivity index (χ4v) is 1.49. The van der Waals surface area contributed by atoms with E-state index in [9.17, 15) is 4.79 Å². The number of carbonyl (C=O) groups excluding carboxylic acids is 1. The van der Waals surface area contributed by atoms with Crippen LogP contribution in [-0.2, 0) is 9.53 Å². The molecule has 98 valence electrons. The van der Waals surface area contributed by atoms with Crippen molar-refractivity contribution in [2.75, 3.05) is 11.9 Å². The zero-order chi connectivity index (χ0) is 13.5. The maximum Gasteiger partial charge on any atom is 0.226 e. The van der Waals surface area contributed by atoms with Crippen molar-refractivity contribution in [3.05, 3.63) is 29.8 Å². The molecule has 0 heterocycles. The van der Waals surface area contributed by atoms with Crippen molar-refractivity contribution in [1.29, 1.82) is 0 Å². The number of hydrogen-bond acceptors (Lipinski definition) is 3. The van der Waals surface area contributed by atoms with Crippen molar-refractivity contribution in [2.45, 2.75) is 26.4 Å². The van der Waals surface area contributed by atoms with Crippen molar-refractivity contribution in [1.82, 2.24) is 0 Å². The normalized spacial score (nSPS) is 10.4. The molecule has 0 aliphatic heterocycles. The number of amides is 1. The van der Waals surface area contributed by atoms with E-state index in [2.05, 4.69) is 5.32 Å². The van der Waals surface area contributed by atoms with Crippen LogP contribution in [0.15, 0.2) is 24.3 Å². The standard InChI is InChI=1S/C13H18N2O2S/c1-9(2)17-7-6-12(16)15-11-5-3-4-10(8-11)13(14)18/h3-5,8-9H,6-7H2,1-2H3,(H2,14,18)(H,15,16). The van der Waals surface area contributed by atoms with Gasteiger partial charge in [-0.2, -0.15) is 0 Å². The molecular formula is C13H18N2O2S. The average Bonchev–Trinajstić information content (AvgIpc) is 2.28. The van der Waals surface area contributed by atoms with Gasteiger partial charge in [0.1, 0.15) is 4.99 Å². The van der Waals surface area contributed by atoms with Gasteiger partial charge in [-0.15, -0.1) is 0 Å². The Bertz CT molecular complexity index is 433. The summed E-state index contributed by atoms with van der Waals surface area (Å²) >= 11 is 4.88. The predicted octanol–water partition coefficient (Wildman–Crippen LogP) is 2.07. The monoisotopic (exact) mass is 266 g/mol. The third-order valence-electron chi connectivity index (χ3n) is 2.21. The number of nitrogens with two attached hydrogens (primary N) is 1. The van der Waals surface area contributed by atoms with Crippen LogP contribution in [0.25, 0.3) is 0 Å². The molecule has 0 unspecified atom stereocenters. The van der Waals surface area contributed by atoms with Crippen molar-refractivity contribution in [2.24, 2.45) is 5.73 Å². The van der Waals surface area contributed by atoms with E-state index < -0.39 is 0 Å². The molecule has 0 saturated carbocycles. The Morgan fingerprint density at radius 1 is 1.50 bits per heavy atom. The summed E-state index contributed by atoms with van der Waals surface area (Å²) in [6.07, 6.45) is 0.464. The lowest BCUT2D eigenvalue weighted by molar-refractivity contribution is -0.117. The molecule has 0 saturated heterocycles. The number of carbonyl (C=O) groups is 1. The first kappa shape index (κ1) is 14.6. The molecule has 1 rings (SSSR count). The number of hydrogen-bond donors (Lipinski definition) is 2. The molecule has 0 aromatic heterocycles. The second-order valence-electron chi connectivity index (χ2n) is 4.16. The highest BCUT2D eigenvalue weighted by molar-refractivity contribution is 7.80. The minimum absolute atomic E-state index is 0.0873. The van der Waals surface area contributed by atoms with Crippen molar-refractivity contribution in [3.63, 3.8) is 0 Å². The minimum atomic E-state index is -0.0873. The molecule has 0 bridgehead atoms. The van der Waals surface area contributed by atoms with Gasteiger partial charge in [0.05, 0.1) is 19.1 Å². The SMILES string of the molecule is CC(C)OCCC(=O)Nc1cccc(C(N)=S)c1. The van der Waals surface area contributed by atoms with E-state index in [1.165, 1.54) is 0 Å². The largest absolute Gasteiger partial charge is 0.389 e. The Morgan fingerprint density at radius 3 is 2.83 bits per heavy atom. The van der Waals surface area contributed by atoms with Crippen molar-refractivity contribution >= 4 is 28.8 Å². The molecule has 4 nitrogen and oxygen atoms in total. The number of rotatable bonds is 6. The summed E-state index contributed by atoms with van der Waals surface area (Å²) in [5.41, 5.74) is 6.95. The average molecular weight is 266 g/mol. The molecule has 0 atom stereocenters. The van der Waals surface area contributed by atoms with Gasteiger partial charge in [0.15, 0.2) is 0 Å². The van der Waals surface area contributed by atoms with Crippen LogP contribution in [0.2, 0.25) is 0 Å². The van der Waals surface area contributed by atoms with Crippen LogP contribution in [0.5, 0.6) is 0 Å². The number of thiocarbonyl (C=S) groups is 1. The number of ether oxygens (including phenoxy) is 1. The Morgan fingerprint density at radius 2 is 2.22 bits per heavy atom. The van der Waals surface area contributed by atoms with Gasteiger partial charge in [-0.25, -0.2) is 0 Å². The van der Waals surface area contributed by atoms with E-state index >= 15 is 0 Å². The second-order valence-corrected chi connectivity index (χ2v) is 4.60. The molecule has 3 N–H and O–H groups in total. The minimum Gasteiger partial charge on any atom is -0.389 e. The Labute approximate surface area is 113 Å². The highest BCUT2D eigenvalue weighted by Gasteiger charge is 2.04. The smallest absolute Gasteiger partial charge is 0.226 e. The fourth-order valence-electron chi connectivity index (χ4n) is 1.36. The molecule has 0 spiro atoms. The summed E-state index contributed by atoms with van der Waals surface area (Å²) in [6.45, 7) is 4.28. The summed E-state index contributed by atoms with van der Waals surface area (Å²) in [4.78, 5) is 11.9. The maximum atomic E-state index is 11.6. The molecule has 1 amide bonds. The lowest BCUT2D eigenvalue weighted by atomic mass is 10.2. The zero-order valence-electron chi connectivity index (χ0n) is 10.6. The van der Waals surface area contributed by atoms with Crippen LogP contribution < -0.4 is 11.1 Å². The highest BCUT2D eigenvalue weighted by Crippen LogP contribution is 2.11. The Hall–Kier alpha value is -1.46. The fraction of sp³-hybridized carbons (Fsp3) is 0.385. The summed E-state index contributed by atoms with van der Waals surface area (Å²) in [5, 5.41) is 2.78. The second kappa shape index (κ2) is 7.08. The Kier molecular flexibility index (Phi) is 5.74. The summed E-state index contributed by atoms with van der Waals surface area (Å²) in [6, 6.07) is 7.15. The Balaban J connectivity index is 2.49. The van der Waals surface area contributed by atoms with E-state index in [0.717, 1.165) is 5.56 Å². The molecule has 1 aromatic carbocycles. The molecule has 5 heteroatoms. The third-order valence-corrected chi connectivity index (χ3v) is 2.45. The van der Waals surface area contributed by atoms with Gasteiger partial charge in [-0.3, -0.25) is 4.79 Å². The van der Waals surface area contributed by atoms with E-state index in [-0.39, 0.29) is 12.0 Å². The van der Waals surface area contributed by atoms with Gasteiger partial charge >= 0.3 is 0 Å². The predicted molar refractivity (Wildman–Crippen MR) is 76.7 cm³/mol. The van der Waals surface area contributed by atoms with Gasteiger partial charge in [-0.05, 0) is 26.0 Å². The van der Waals surface area contributed by atoms with Gasteiger partial charge in [-0.1, -0.05) is 24.4 Å². The van der Waals surface area contributed by atoms with Gasteiger partial charge in [0.25, 0.3) is 0 Å². The third kappa shape index (κ3) is 5.25. The summed E-state index contributed by atoms with van der Waals surface area (Å²) in [7, 11) is 0. The first-order valence-corrected chi connectivity index (χ1v) is 6.21. The summed E-state index contributed by atoms with van der Waals surface area (Å²) < 4.78 is 5.31. The van der Waals surface area contributed by atoms with E-state index in [1.54, 1.807) is 24.3 Å². The molecule has 0 radical (unpaired) electrons. The first-order chi connectivity index (χ1) is 8.49. The van der Waals surface area contributed by atoms with Crippen LogP contribution in [-0.4, -0.2) is 23.6 Å². The van der Waals surface area contributed by atoms with Crippen molar-refractivity contribution < 1.29 is 9.53 Å². The van der Waals surface area contributed by atoms with Crippen LogP contribution in [0.4, 0.5) is 5.69 Å². The van der Waals surface area contributed by atoms with Gasteiger partial charge < -0.3 is 15.8 Å².